The largest absolute Gasteiger partial charge is 0.343 e. The lowest BCUT2D eigenvalue weighted by atomic mass is 10.0. The second kappa shape index (κ2) is 9.18. The smallest absolute Gasteiger partial charge is 0.268 e. The van der Waals surface area contributed by atoms with Crippen molar-refractivity contribution in [1.29, 1.82) is 5.26 Å². The van der Waals surface area contributed by atoms with Crippen LogP contribution in [0.2, 0.25) is 5.02 Å². The standard InChI is InChI=1S/C21H19ClF2N4O2/c22-16-5-2-14(3-6-16)1-4-15-11-26-8-7-18(15)20(30)27-12-19(29)28-13-21(23,24)9-17(28)10-25/h2-3,5-8,11,17H,1,4,9,12-13H2,(H,27,30)/t17-/m0/s1. The molecular weight excluding hydrogens is 414 g/mol. The van der Waals surface area contributed by atoms with E-state index in [0.717, 1.165) is 10.5 Å². The third-order valence-electron chi connectivity index (χ3n) is 4.88. The Bertz CT molecular complexity index is 976. The van der Waals surface area contributed by atoms with Crippen LogP contribution in [0.15, 0.2) is 42.7 Å². The van der Waals surface area contributed by atoms with Crippen LogP contribution in [-0.4, -0.2) is 46.8 Å². The summed E-state index contributed by atoms with van der Waals surface area (Å²) in [6, 6.07) is 9.43. The summed E-state index contributed by atoms with van der Waals surface area (Å²) in [4.78, 5) is 29.7. The Morgan fingerprint density at radius 2 is 2.00 bits per heavy atom. The van der Waals surface area contributed by atoms with E-state index >= 15 is 0 Å². The van der Waals surface area contributed by atoms with Gasteiger partial charge in [0.15, 0.2) is 0 Å². The van der Waals surface area contributed by atoms with Crippen molar-refractivity contribution in [3.05, 3.63) is 64.4 Å². The molecule has 1 N–H and O–H groups in total. The SMILES string of the molecule is N#C[C@@H]1CC(F)(F)CN1C(=O)CNC(=O)c1ccncc1CCc1ccc(Cl)cc1. The first kappa shape index (κ1) is 21.7. The van der Waals surface area contributed by atoms with Crippen LogP contribution in [0, 0.1) is 11.3 Å². The number of hydrogen-bond acceptors (Lipinski definition) is 4. The topological polar surface area (TPSA) is 86.1 Å². The average Bonchev–Trinajstić information content (AvgIpc) is 3.06. The van der Waals surface area contributed by atoms with Crippen LogP contribution in [0.1, 0.15) is 27.9 Å². The number of rotatable bonds is 6. The fraction of sp³-hybridized carbons (Fsp3) is 0.333. The summed E-state index contributed by atoms with van der Waals surface area (Å²) in [6.07, 6.45) is 3.56. The molecule has 1 fully saturated rings. The number of hydrogen-bond donors (Lipinski definition) is 1. The van der Waals surface area contributed by atoms with Gasteiger partial charge in [-0.3, -0.25) is 14.6 Å². The number of likely N-dealkylation sites (tertiary alicyclic amines) is 1. The van der Waals surface area contributed by atoms with Crippen LogP contribution in [0.5, 0.6) is 0 Å². The van der Waals surface area contributed by atoms with E-state index in [1.165, 1.54) is 6.20 Å². The molecule has 0 saturated carbocycles. The van der Waals surface area contributed by atoms with E-state index in [-0.39, 0.29) is 0 Å². The highest BCUT2D eigenvalue weighted by Gasteiger charge is 2.47. The van der Waals surface area contributed by atoms with E-state index in [2.05, 4.69) is 10.3 Å². The van der Waals surface area contributed by atoms with Crippen molar-refractivity contribution in [1.82, 2.24) is 15.2 Å². The molecular formula is C21H19ClF2N4O2. The molecule has 1 atom stereocenters. The molecule has 0 radical (unpaired) electrons. The first-order valence-corrected chi connectivity index (χ1v) is 9.69. The van der Waals surface area contributed by atoms with Gasteiger partial charge >= 0.3 is 0 Å². The molecule has 1 saturated heterocycles. The number of benzene rings is 1. The lowest BCUT2D eigenvalue weighted by Crippen LogP contribution is -2.43. The zero-order valence-corrected chi connectivity index (χ0v) is 16.7. The lowest BCUT2D eigenvalue weighted by Gasteiger charge is -2.19. The molecule has 156 valence electrons. The molecule has 0 aliphatic carbocycles. The number of aryl methyl sites for hydroxylation is 2. The average molecular weight is 433 g/mol. The minimum Gasteiger partial charge on any atom is -0.343 e. The molecule has 1 aliphatic rings. The number of alkyl halides is 2. The van der Waals surface area contributed by atoms with Gasteiger partial charge in [0.2, 0.25) is 5.91 Å². The van der Waals surface area contributed by atoms with Crippen molar-refractivity contribution in [3.63, 3.8) is 0 Å². The zero-order chi connectivity index (χ0) is 21.7. The monoisotopic (exact) mass is 432 g/mol. The molecule has 30 heavy (non-hydrogen) atoms. The number of pyridine rings is 1. The number of nitrogens with zero attached hydrogens (tertiary/aromatic N) is 3. The van der Waals surface area contributed by atoms with E-state index < -0.39 is 43.3 Å². The van der Waals surface area contributed by atoms with Crippen molar-refractivity contribution in [3.8, 4) is 6.07 Å². The highest BCUT2D eigenvalue weighted by molar-refractivity contribution is 6.30. The molecule has 2 amide bonds. The second-order valence-corrected chi connectivity index (χ2v) is 7.51. The number of nitrogens with one attached hydrogen (secondary N) is 1. The summed E-state index contributed by atoms with van der Waals surface area (Å²) in [5.41, 5.74) is 2.10. The number of amides is 2. The van der Waals surface area contributed by atoms with Gasteiger partial charge in [-0.15, -0.1) is 0 Å². The molecule has 3 rings (SSSR count). The summed E-state index contributed by atoms with van der Waals surface area (Å²) in [6.45, 7) is -1.28. The predicted octanol–water partition coefficient (Wildman–Crippen LogP) is 3.01. The molecule has 0 unspecified atom stereocenters. The molecule has 9 heteroatoms. The minimum absolute atomic E-state index is 0.357. The Hall–Kier alpha value is -3.05. The van der Waals surface area contributed by atoms with Crippen molar-refractivity contribution in [2.45, 2.75) is 31.2 Å². The van der Waals surface area contributed by atoms with Crippen LogP contribution >= 0.6 is 11.6 Å². The summed E-state index contributed by atoms with van der Waals surface area (Å²) in [5, 5.41) is 12.1. The van der Waals surface area contributed by atoms with Crippen molar-refractivity contribution in [2.24, 2.45) is 0 Å². The molecule has 1 aromatic heterocycles. The molecule has 2 aromatic rings. The predicted molar refractivity (Wildman–Crippen MR) is 106 cm³/mol. The molecule has 1 aromatic carbocycles. The Morgan fingerprint density at radius 3 is 2.70 bits per heavy atom. The third kappa shape index (κ3) is 5.30. The van der Waals surface area contributed by atoms with E-state index in [1.807, 2.05) is 12.1 Å². The Labute approximate surface area is 177 Å². The first-order valence-electron chi connectivity index (χ1n) is 9.31. The van der Waals surface area contributed by atoms with Crippen LogP contribution in [-0.2, 0) is 17.6 Å². The Kier molecular flexibility index (Phi) is 6.63. The van der Waals surface area contributed by atoms with Gasteiger partial charge < -0.3 is 10.2 Å². The number of carbonyl (C=O) groups is 2. The summed E-state index contributed by atoms with van der Waals surface area (Å²) < 4.78 is 27.0. The number of aromatic nitrogens is 1. The normalized spacial score (nSPS) is 17.4. The number of carbonyl (C=O) groups excluding carboxylic acids is 2. The van der Waals surface area contributed by atoms with Crippen LogP contribution < -0.4 is 5.32 Å². The summed E-state index contributed by atoms with van der Waals surface area (Å²) in [5.74, 6) is -4.32. The highest BCUT2D eigenvalue weighted by Crippen LogP contribution is 2.31. The van der Waals surface area contributed by atoms with Crippen molar-refractivity contribution < 1.29 is 18.4 Å². The van der Waals surface area contributed by atoms with Gasteiger partial charge in [-0.2, -0.15) is 5.26 Å². The molecule has 0 bridgehead atoms. The van der Waals surface area contributed by atoms with Crippen molar-refractivity contribution in [2.75, 3.05) is 13.1 Å². The minimum atomic E-state index is -3.10. The van der Waals surface area contributed by atoms with Gasteiger partial charge in [0.1, 0.15) is 6.04 Å². The zero-order valence-electron chi connectivity index (χ0n) is 15.9. The van der Waals surface area contributed by atoms with Gasteiger partial charge in [-0.1, -0.05) is 23.7 Å². The highest BCUT2D eigenvalue weighted by atomic mass is 35.5. The fourth-order valence-electron chi connectivity index (χ4n) is 3.32. The maximum absolute atomic E-state index is 13.5. The van der Waals surface area contributed by atoms with Gasteiger partial charge in [0.05, 0.1) is 19.2 Å². The van der Waals surface area contributed by atoms with Crippen LogP contribution in [0.3, 0.4) is 0 Å². The first-order chi connectivity index (χ1) is 14.3. The quantitative estimate of drug-likeness (QED) is 0.760. The molecule has 2 heterocycles. The lowest BCUT2D eigenvalue weighted by molar-refractivity contribution is -0.131. The third-order valence-corrected chi connectivity index (χ3v) is 5.14. The van der Waals surface area contributed by atoms with Gasteiger partial charge in [0, 0.05) is 29.4 Å². The Balaban J connectivity index is 1.61. The van der Waals surface area contributed by atoms with Crippen LogP contribution in [0.4, 0.5) is 8.78 Å². The fourth-order valence-corrected chi connectivity index (χ4v) is 3.45. The van der Waals surface area contributed by atoms with E-state index in [1.54, 1.807) is 30.5 Å². The molecule has 6 nitrogen and oxygen atoms in total. The maximum Gasteiger partial charge on any atom is 0.268 e. The van der Waals surface area contributed by atoms with Gasteiger partial charge in [0.25, 0.3) is 11.8 Å². The maximum atomic E-state index is 13.5. The summed E-state index contributed by atoms with van der Waals surface area (Å²) in [7, 11) is 0. The molecule has 1 aliphatic heterocycles. The van der Waals surface area contributed by atoms with Crippen LogP contribution in [0.25, 0.3) is 0 Å². The second-order valence-electron chi connectivity index (χ2n) is 7.07. The number of halogens is 3. The van der Waals surface area contributed by atoms with Gasteiger partial charge in [-0.05, 0) is 42.2 Å². The van der Waals surface area contributed by atoms with E-state index in [4.69, 9.17) is 16.9 Å². The van der Waals surface area contributed by atoms with Crippen molar-refractivity contribution >= 4 is 23.4 Å². The van der Waals surface area contributed by atoms with E-state index in [0.29, 0.717) is 29.0 Å². The summed E-state index contributed by atoms with van der Waals surface area (Å²) >= 11 is 5.88. The van der Waals surface area contributed by atoms with Gasteiger partial charge in [-0.25, -0.2) is 8.78 Å². The number of nitriles is 1. The Morgan fingerprint density at radius 1 is 1.27 bits per heavy atom. The molecule has 0 spiro atoms. The van der Waals surface area contributed by atoms with E-state index in [9.17, 15) is 18.4 Å².